The Labute approximate surface area is 131 Å². The molecule has 1 aliphatic rings. The lowest BCUT2D eigenvalue weighted by atomic mass is 9.83. The van der Waals surface area contributed by atoms with Gasteiger partial charge in [0.05, 0.1) is 6.42 Å². The average Bonchev–Trinajstić information content (AvgIpc) is 2.48. The number of hydrogen-bond donors (Lipinski definition) is 2. The van der Waals surface area contributed by atoms with E-state index in [1.165, 1.54) is 6.07 Å². The molecule has 2 N–H and O–H groups in total. The fourth-order valence-electron chi connectivity index (χ4n) is 2.78. The molecule has 0 bridgehead atoms. The van der Waals surface area contributed by atoms with E-state index in [2.05, 4.69) is 5.32 Å². The topological polar surface area (TPSA) is 83.5 Å². The van der Waals surface area contributed by atoms with Crippen LogP contribution in [0.25, 0.3) is 0 Å². The molecule has 0 heterocycles. The molecule has 2 rings (SSSR count). The Morgan fingerprint density at radius 1 is 1.30 bits per heavy atom. The van der Waals surface area contributed by atoms with E-state index in [1.807, 2.05) is 0 Å². The summed E-state index contributed by atoms with van der Waals surface area (Å²) in [5, 5.41) is 11.7. The van der Waals surface area contributed by atoms with E-state index in [0.717, 1.165) is 12.1 Å². The molecule has 1 amide bonds. The minimum absolute atomic E-state index is 0.0117. The van der Waals surface area contributed by atoms with Crippen LogP contribution < -0.4 is 5.32 Å². The van der Waals surface area contributed by atoms with E-state index in [1.54, 1.807) is 0 Å². The summed E-state index contributed by atoms with van der Waals surface area (Å²) in [5.41, 5.74) is 0.241. The van der Waals surface area contributed by atoms with Gasteiger partial charge in [-0.25, -0.2) is 13.6 Å². The number of nitrogens with one attached hydrogen (secondary N) is 1. The Kier molecular flexibility index (Phi) is 5.41. The number of benzene rings is 1. The average molecular weight is 325 g/mol. The number of Topliss-reactive ketones (excluding diaryl/α,β-unsaturated/α-hetero) is 1. The molecule has 1 aromatic carbocycles. The van der Waals surface area contributed by atoms with Crippen molar-refractivity contribution in [2.24, 2.45) is 5.92 Å². The molecular weight excluding hydrogens is 308 g/mol. The van der Waals surface area contributed by atoms with Crippen molar-refractivity contribution in [2.45, 2.75) is 38.1 Å². The van der Waals surface area contributed by atoms with Gasteiger partial charge in [-0.05, 0) is 36.5 Å². The first-order chi connectivity index (χ1) is 10.9. The molecule has 0 saturated heterocycles. The van der Waals surface area contributed by atoms with Crippen LogP contribution in [-0.4, -0.2) is 28.8 Å². The maximum Gasteiger partial charge on any atom is 0.326 e. The number of hydrogen-bond acceptors (Lipinski definition) is 3. The van der Waals surface area contributed by atoms with Crippen LogP contribution in [-0.2, 0) is 20.8 Å². The van der Waals surface area contributed by atoms with E-state index >= 15 is 0 Å². The molecule has 124 valence electrons. The highest BCUT2D eigenvalue weighted by molar-refractivity contribution is 5.86. The molecule has 0 unspecified atom stereocenters. The molecule has 0 radical (unpaired) electrons. The molecule has 2 atom stereocenters. The van der Waals surface area contributed by atoms with E-state index in [-0.39, 0.29) is 24.2 Å². The molecule has 1 aliphatic carbocycles. The van der Waals surface area contributed by atoms with Crippen molar-refractivity contribution in [1.29, 1.82) is 0 Å². The maximum atomic E-state index is 13.1. The van der Waals surface area contributed by atoms with Gasteiger partial charge in [0, 0.05) is 12.8 Å². The quantitative estimate of drug-likeness (QED) is 0.865. The zero-order chi connectivity index (χ0) is 17.0. The van der Waals surface area contributed by atoms with Crippen molar-refractivity contribution in [3.8, 4) is 0 Å². The predicted molar refractivity (Wildman–Crippen MR) is 76.6 cm³/mol. The Balaban J connectivity index is 2.01. The number of carboxylic acid groups (broad SMARTS) is 1. The summed E-state index contributed by atoms with van der Waals surface area (Å²) in [6.45, 7) is 0. The number of ketones is 1. The predicted octanol–water partition coefficient (Wildman–Crippen LogP) is 1.84. The van der Waals surface area contributed by atoms with Crippen molar-refractivity contribution in [3.05, 3.63) is 35.4 Å². The monoisotopic (exact) mass is 325 g/mol. The molecule has 23 heavy (non-hydrogen) atoms. The van der Waals surface area contributed by atoms with Crippen LogP contribution >= 0.6 is 0 Å². The summed E-state index contributed by atoms with van der Waals surface area (Å²) in [6.07, 6.45) is 1.45. The van der Waals surface area contributed by atoms with Gasteiger partial charge in [0.25, 0.3) is 0 Å². The molecule has 1 aromatic rings. The highest BCUT2D eigenvalue weighted by atomic mass is 19.2. The SMILES string of the molecule is O=C1CCC[C@H]([C@H](NC(=O)Cc2ccc(F)c(F)c2)C(=O)O)C1. The normalized spacial score (nSPS) is 19.2. The van der Waals surface area contributed by atoms with Crippen molar-refractivity contribution in [3.63, 3.8) is 0 Å². The van der Waals surface area contributed by atoms with Gasteiger partial charge >= 0.3 is 5.97 Å². The smallest absolute Gasteiger partial charge is 0.326 e. The number of carboxylic acids is 1. The number of halogens is 2. The lowest BCUT2D eigenvalue weighted by Crippen LogP contribution is -2.47. The molecule has 0 aliphatic heterocycles. The molecule has 1 fully saturated rings. The van der Waals surface area contributed by atoms with Crippen molar-refractivity contribution < 1.29 is 28.3 Å². The highest BCUT2D eigenvalue weighted by Gasteiger charge is 2.33. The molecule has 7 heteroatoms. The van der Waals surface area contributed by atoms with Crippen molar-refractivity contribution in [1.82, 2.24) is 5.32 Å². The highest BCUT2D eigenvalue weighted by Crippen LogP contribution is 2.24. The van der Waals surface area contributed by atoms with Crippen molar-refractivity contribution in [2.75, 3.05) is 0 Å². The largest absolute Gasteiger partial charge is 0.480 e. The lowest BCUT2D eigenvalue weighted by Gasteiger charge is -2.27. The Morgan fingerprint density at radius 3 is 2.65 bits per heavy atom. The van der Waals surface area contributed by atoms with E-state index in [9.17, 15) is 28.3 Å². The van der Waals surface area contributed by atoms with Crippen LogP contribution in [0.5, 0.6) is 0 Å². The van der Waals surface area contributed by atoms with Gasteiger partial charge in [0.15, 0.2) is 11.6 Å². The second kappa shape index (κ2) is 7.30. The zero-order valence-electron chi connectivity index (χ0n) is 12.4. The van der Waals surface area contributed by atoms with E-state index in [4.69, 9.17) is 0 Å². The fourth-order valence-corrected chi connectivity index (χ4v) is 2.78. The Hall–Kier alpha value is -2.31. The van der Waals surface area contributed by atoms with Gasteiger partial charge < -0.3 is 10.4 Å². The summed E-state index contributed by atoms with van der Waals surface area (Å²) < 4.78 is 26.0. The van der Waals surface area contributed by atoms with Gasteiger partial charge in [0.2, 0.25) is 5.91 Å². The molecule has 1 saturated carbocycles. The third-order valence-corrected chi connectivity index (χ3v) is 3.92. The number of carbonyl (C=O) groups is 3. The van der Waals surface area contributed by atoms with Gasteiger partial charge in [-0.3, -0.25) is 9.59 Å². The Morgan fingerprint density at radius 2 is 2.04 bits per heavy atom. The lowest BCUT2D eigenvalue weighted by molar-refractivity contribution is -0.144. The minimum Gasteiger partial charge on any atom is -0.480 e. The van der Waals surface area contributed by atoms with Crippen molar-refractivity contribution >= 4 is 17.7 Å². The van der Waals surface area contributed by atoms with Crippen LogP contribution in [0, 0.1) is 17.6 Å². The van der Waals surface area contributed by atoms with E-state index < -0.39 is 35.5 Å². The third kappa shape index (κ3) is 4.58. The number of carbonyl (C=O) groups excluding carboxylic acids is 2. The molecule has 5 nitrogen and oxygen atoms in total. The first-order valence-corrected chi connectivity index (χ1v) is 7.34. The number of amides is 1. The summed E-state index contributed by atoms with van der Waals surface area (Å²) in [6, 6.07) is 1.91. The zero-order valence-corrected chi connectivity index (χ0v) is 12.4. The van der Waals surface area contributed by atoms with Crippen LogP contribution in [0.1, 0.15) is 31.2 Å². The fraction of sp³-hybridized carbons (Fsp3) is 0.438. The molecule has 0 spiro atoms. The minimum atomic E-state index is -1.21. The van der Waals surface area contributed by atoms with E-state index in [0.29, 0.717) is 19.3 Å². The van der Waals surface area contributed by atoms with Gasteiger partial charge in [-0.2, -0.15) is 0 Å². The second-order valence-corrected chi connectivity index (χ2v) is 5.70. The Bertz CT molecular complexity index is 633. The summed E-state index contributed by atoms with van der Waals surface area (Å²) in [5.74, 6) is -4.35. The molecule has 0 aromatic heterocycles. The van der Waals surface area contributed by atoms with Gasteiger partial charge in [0.1, 0.15) is 11.8 Å². The second-order valence-electron chi connectivity index (χ2n) is 5.70. The summed E-state index contributed by atoms with van der Waals surface area (Å²) >= 11 is 0. The van der Waals surface area contributed by atoms with Crippen LogP contribution in [0.4, 0.5) is 8.78 Å². The third-order valence-electron chi connectivity index (χ3n) is 3.92. The van der Waals surface area contributed by atoms with Crippen LogP contribution in [0.15, 0.2) is 18.2 Å². The maximum absolute atomic E-state index is 13.1. The first-order valence-electron chi connectivity index (χ1n) is 7.34. The van der Waals surface area contributed by atoms with Crippen LogP contribution in [0.2, 0.25) is 0 Å². The van der Waals surface area contributed by atoms with Crippen LogP contribution in [0.3, 0.4) is 0 Å². The molecular formula is C16H17F2NO4. The number of aliphatic carboxylic acids is 1. The first kappa shape index (κ1) is 17.1. The standard InChI is InChI=1S/C16H17F2NO4/c17-12-5-4-9(6-13(12)18)7-14(21)19-15(16(22)23)10-2-1-3-11(20)8-10/h4-6,10,15H,1-3,7-8H2,(H,19,21)(H,22,23)/t10-,15-/m0/s1. The summed E-state index contributed by atoms with van der Waals surface area (Å²) in [7, 11) is 0. The number of rotatable bonds is 5. The summed E-state index contributed by atoms with van der Waals surface area (Å²) in [4.78, 5) is 34.8. The van der Waals surface area contributed by atoms with Gasteiger partial charge in [-0.1, -0.05) is 6.07 Å². The van der Waals surface area contributed by atoms with Gasteiger partial charge in [-0.15, -0.1) is 0 Å².